The smallest absolute Gasteiger partial charge is 0.410 e. The number of piperidine rings is 1. The van der Waals surface area contributed by atoms with Gasteiger partial charge in [0.2, 0.25) is 0 Å². The number of Topliss-reactive ketones (excluding diaryl/α,β-unsaturated/α-hetero) is 2. The van der Waals surface area contributed by atoms with Crippen molar-refractivity contribution in [1.29, 1.82) is 0 Å². The predicted molar refractivity (Wildman–Crippen MR) is 149 cm³/mol. The highest BCUT2D eigenvalue weighted by atomic mass is 16.6. The lowest BCUT2D eigenvalue weighted by molar-refractivity contribution is -0.138. The summed E-state index contributed by atoms with van der Waals surface area (Å²) < 4.78 is 11.4. The molecule has 38 heavy (non-hydrogen) atoms. The summed E-state index contributed by atoms with van der Waals surface area (Å²) in [4.78, 5) is 41.3. The summed E-state index contributed by atoms with van der Waals surface area (Å²) in [5.41, 5.74) is 0.736. The van der Waals surface area contributed by atoms with Crippen molar-refractivity contribution in [2.45, 2.75) is 117 Å². The summed E-state index contributed by atoms with van der Waals surface area (Å²) in [5, 5.41) is 10.4. The molecule has 1 saturated carbocycles. The monoisotopic (exact) mass is 526 g/mol. The molecule has 0 unspecified atom stereocenters. The number of benzene rings is 1. The Labute approximate surface area is 228 Å². The first-order valence-corrected chi connectivity index (χ1v) is 13.8. The zero-order valence-corrected chi connectivity index (χ0v) is 24.7. The molecule has 1 aliphatic heterocycles. The Hall–Kier alpha value is -2.19. The van der Waals surface area contributed by atoms with Crippen LogP contribution in [0, 0.1) is 12.3 Å². The van der Waals surface area contributed by atoms with E-state index >= 15 is 0 Å². The van der Waals surface area contributed by atoms with Crippen LogP contribution in [0.3, 0.4) is 0 Å². The van der Waals surface area contributed by atoms with E-state index in [9.17, 15) is 19.5 Å². The van der Waals surface area contributed by atoms with Gasteiger partial charge < -0.3 is 19.4 Å². The second kappa shape index (κ2) is 10.8. The van der Waals surface area contributed by atoms with E-state index in [2.05, 4.69) is 0 Å². The SMILES string of the molecule is CCc1cc([B]OC(C)(C)C(C)(C)O)cc(C)c1C1C(=O)CC2(CCN(C(=O)OC(C)(C)C)CC2)CC1=O. The minimum absolute atomic E-state index is 0.0269. The lowest BCUT2D eigenvalue weighted by Gasteiger charge is -2.44. The summed E-state index contributed by atoms with van der Waals surface area (Å²) in [6.07, 6.45) is 2.29. The van der Waals surface area contributed by atoms with Gasteiger partial charge in [0.15, 0.2) is 0 Å². The fourth-order valence-corrected chi connectivity index (χ4v) is 5.39. The van der Waals surface area contributed by atoms with E-state index in [1.54, 1.807) is 26.2 Å². The molecule has 1 aromatic carbocycles. The van der Waals surface area contributed by atoms with Crippen molar-refractivity contribution in [2.24, 2.45) is 5.41 Å². The molecular weight excluding hydrogens is 481 g/mol. The predicted octanol–water partition coefficient (Wildman–Crippen LogP) is 4.40. The molecule has 3 rings (SSSR count). The van der Waals surface area contributed by atoms with Crippen LogP contribution in [-0.2, 0) is 25.4 Å². The lowest BCUT2D eigenvalue weighted by atomic mass is 9.62. The van der Waals surface area contributed by atoms with Gasteiger partial charge in [0.1, 0.15) is 23.1 Å². The average Bonchev–Trinajstić information content (AvgIpc) is 2.76. The number of rotatable bonds is 6. The van der Waals surface area contributed by atoms with Crippen LogP contribution >= 0.6 is 0 Å². The standard InChI is InChI=1S/C30H45BNO6/c1-10-20-16-21(31-38-29(8,9)28(6,7)36)15-19(2)24(20)25-22(33)17-30(18-23(25)34)11-13-32(14-12-30)26(35)37-27(3,4)5/h15-16,25,36H,10-14,17-18H2,1-9H3. The van der Waals surface area contributed by atoms with E-state index in [-0.39, 0.29) is 23.1 Å². The van der Waals surface area contributed by atoms with Gasteiger partial charge in [0.25, 0.3) is 0 Å². The van der Waals surface area contributed by atoms with E-state index < -0.39 is 22.7 Å². The Morgan fingerprint density at radius 1 is 1.05 bits per heavy atom. The van der Waals surface area contributed by atoms with E-state index in [0.29, 0.717) is 45.2 Å². The fourth-order valence-electron chi connectivity index (χ4n) is 5.39. The second-order valence-corrected chi connectivity index (χ2v) is 13.3. The van der Waals surface area contributed by atoms with E-state index in [1.807, 2.05) is 60.6 Å². The van der Waals surface area contributed by atoms with Gasteiger partial charge >= 0.3 is 13.6 Å². The Morgan fingerprint density at radius 3 is 2.08 bits per heavy atom. The summed E-state index contributed by atoms with van der Waals surface area (Å²) in [7, 11) is 1.64. The van der Waals surface area contributed by atoms with Gasteiger partial charge in [-0.05, 0) is 96.8 Å². The summed E-state index contributed by atoms with van der Waals surface area (Å²) in [5.74, 6) is -0.802. The Morgan fingerprint density at radius 2 is 1.61 bits per heavy atom. The van der Waals surface area contributed by atoms with Gasteiger partial charge in [0, 0.05) is 25.9 Å². The van der Waals surface area contributed by atoms with E-state index in [1.165, 1.54) is 0 Å². The lowest BCUT2D eigenvalue weighted by Crippen LogP contribution is -2.49. The first-order valence-electron chi connectivity index (χ1n) is 13.8. The third-order valence-electron chi connectivity index (χ3n) is 8.35. The number of hydrogen-bond donors (Lipinski definition) is 1. The maximum absolute atomic E-state index is 13.6. The van der Waals surface area contributed by atoms with Gasteiger partial charge in [-0.25, -0.2) is 4.79 Å². The van der Waals surface area contributed by atoms with Gasteiger partial charge in [-0.2, -0.15) is 0 Å². The molecule has 1 amide bonds. The maximum atomic E-state index is 13.6. The number of aryl methyl sites for hydroxylation is 2. The summed E-state index contributed by atoms with van der Waals surface area (Å²) in [6.45, 7) is 17.6. The third-order valence-corrected chi connectivity index (χ3v) is 8.35. The van der Waals surface area contributed by atoms with Crippen molar-refractivity contribution in [3.05, 3.63) is 28.8 Å². The van der Waals surface area contributed by atoms with Gasteiger partial charge in [-0.3, -0.25) is 9.59 Å². The molecule has 0 atom stereocenters. The van der Waals surface area contributed by atoms with Crippen molar-refractivity contribution < 1.29 is 28.9 Å². The van der Waals surface area contributed by atoms with Gasteiger partial charge in [0.05, 0.1) is 11.2 Å². The zero-order valence-electron chi connectivity index (χ0n) is 24.7. The topological polar surface area (TPSA) is 93.1 Å². The minimum Gasteiger partial charge on any atom is -0.444 e. The van der Waals surface area contributed by atoms with Crippen LogP contribution < -0.4 is 5.46 Å². The molecule has 2 aliphatic rings. The van der Waals surface area contributed by atoms with Crippen LogP contribution in [0.5, 0.6) is 0 Å². The highest BCUT2D eigenvalue weighted by molar-refractivity contribution is 6.47. The largest absolute Gasteiger partial charge is 0.444 e. The molecule has 1 saturated heterocycles. The van der Waals surface area contributed by atoms with Crippen molar-refractivity contribution in [3.8, 4) is 0 Å². The highest BCUT2D eigenvalue weighted by Gasteiger charge is 2.48. The van der Waals surface area contributed by atoms with Crippen LogP contribution in [0.25, 0.3) is 0 Å². The first kappa shape index (κ1) is 30.4. The molecule has 1 aromatic rings. The van der Waals surface area contributed by atoms with Crippen LogP contribution in [0.2, 0.25) is 0 Å². The molecule has 1 N–H and O–H groups in total. The average molecular weight is 527 g/mol. The van der Waals surface area contributed by atoms with Crippen LogP contribution in [0.15, 0.2) is 12.1 Å². The summed E-state index contributed by atoms with van der Waals surface area (Å²) in [6, 6.07) is 3.92. The number of carbonyl (C=O) groups is 3. The number of aliphatic hydroxyl groups is 1. The van der Waals surface area contributed by atoms with Crippen LogP contribution in [0.4, 0.5) is 4.79 Å². The third kappa shape index (κ3) is 6.68. The molecule has 209 valence electrons. The number of ketones is 2. The van der Waals surface area contributed by atoms with Gasteiger partial charge in [-0.1, -0.05) is 24.5 Å². The molecule has 0 bridgehead atoms. The highest BCUT2D eigenvalue weighted by Crippen LogP contribution is 2.46. The number of amides is 1. The number of hydrogen-bond acceptors (Lipinski definition) is 6. The number of carbonyl (C=O) groups excluding carboxylic acids is 3. The second-order valence-electron chi connectivity index (χ2n) is 13.3. The van der Waals surface area contributed by atoms with Crippen molar-refractivity contribution in [2.75, 3.05) is 13.1 Å². The molecule has 2 fully saturated rings. The van der Waals surface area contributed by atoms with Crippen molar-refractivity contribution in [1.82, 2.24) is 4.90 Å². The Balaban J connectivity index is 1.75. The molecule has 0 aromatic heterocycles. The van der Waals surface area contributed by atoms with Crippen LogP contribution in [0.1, 0.15) is 104 Å². The fraction of sp³-hybridized carbons (Fsp3) is 0.700. The first-order chi connectivity index (χ1) is 17.4. The molecule has 1 heterocycles. The van der Waals surface area contributed by atoms with E-state index in [4.69, 9.17) is 9.39 Å². The quantitative estimate of drug-likeness (QED) is 0.436. The zero-order chi connectivity index (χ0) is 28.7. The number of nitrogens with zero attached hydrogens (tertiary/aromatic N) is 1. The Bertz CT molecular complexity index is 1050. The molecule has 8 heteroatoms. The molecule has 7 nitrogen and oxygen atoms in total. The van der Waals surface area contributed by atoms with Crippen molar-refractivity contribution in [3.63, 3.8) is 0 Å². The molecule has 1 aliphatic carbocycles. The number of ether oxygens (including phenoxy) is 1. The summed E-state index contributed by atoms with van der Waals surface area (Å²) >= 11 is 0. The normalized spacial score (nSPS) is 19.2. The number of likely N-dealkylation sites (tertiary alicyclic amines) is 1. The van der Waals surface area contributed by atoms with E-state index in [0.717, 1.165) is 22.2 Å². The molecule has 1 spiro atoms. The van der Waals surface area contributed by atoms with Gasteiger partial charge in [-0.15, -0.1) is 0 Å². The van der Waals surface area contributed by atoms with Crippen molar-refractivity contribution >= 4 is 30.6 Å². The molecule has 1 radical (unpaired) electrons. The van der Waals surface area contributed by atoms with Crippen LogP contribution in [-0.4, -0.2) is 65.0 Å². The minimum atomic E-state index is -1.04. The molecular formula is C30H45BNO6. The maximum Gasteiger partial charge on any atom is 0.410 e. The Kier molecular flexibility index (Phi) is 8.60.